The van der Waals surface area contributed by atoms with Crippen LogP contribution in [0.15, 0.2) is 95.5 Å². The SMILES string of the molecule is [2H]C([2H])(c1ccccc1)C([2H])([2H])c1ccc2c(n1)oc1c(-c3cc(-c4ccc(C)cc4C)c(C)cn3)cccc12. The third-order valence-electron chi connectivity index (χ3n) is 6.52. The zero-order valence-electron chi connectivity index (χ0n) is 24.5. The van der Waals surface area contributed by atoms with E-state index in [-0.39, 0.29) is 17.0 Å². The van der Waals surface area contributed by atoms with E-state index in [4.69, 9.17) is 14.9 Å². The lowest BCUT2D eigenvalue weighted by molar-refractivity contribution is 0.651. The van der Waals surface area contributed by atoms with Crippen molar-refractivity contribution in [3.8, 4) is 22.4 Å². The molecule has 0 aliphatic carbocycles. The Hall–Kier alpha value is -4.24. The molecule has 0 aliphatic rings. The molecule has 3 aromatic heterocycles. The second kappa shape index (κ2) is 9.09. The summed E-state index contributed by atoms with van der Waals surface area (Å²) in [6.07, 6.45) is -2.83. The zero-order chi connectivity index (χ0) is 28.2. The first kappa shape index (κ1) is 18.1. The van der Waals surface area contributed by atoms with Gasteiger partial charge in [-0.15, -0.1) is 0 Å². The van der Waals surface area contributed by atoms with Gasteiger partial charge >= 0.3 is 0 Å². The van der Waals surface area contributed by atoms with Gasteiger partial charge in [-0.25, -0.2) is 4.98 Å². The molecule has 0 N–H and O–H groups in total. The van der Waals surface area contributed by atoms with Crippen LogP contribution in [-0.4, -0.2) is 9.97 Å². The largest absolute Gasteiger partial charge is 0.437 e. The van der Waals surface area contributed by atoms with Crippen molar-refractivity contribution >= 4 is 22.1 Å². The maximum atomic E-state index is 8.73. The van der Waals surface area contributed by atoms with Crippen molar-refractivity contribution in [3.63, 3.8) is 0 Å². The van der Waals surface area contributed by atoms with Gasteiger partial charge in [-0.2, -0.15) is 0 Å². The van der Waals surface area contributed by atoms with E-state index in [2.05, 4.69) is 50.0 Å². The topological polar surface area (TPSA) is 38.9 Å². The van der Waals surface area contributed by atoms with Gasteiger partial charge in [0.15, 0.2) is 0 Å². The highest BCUT2D eigenvalue weighted by Gasteiger charge is 2.16. The number of hydrogen-bond acceptors (Lipinski definition) is 3. The molecule has 0 saturated heterocycles. The van der Waals surface area contributed by atoms with Crippen molar-refractivity contribution in [2.45, 2.75) is 33.5 Å². The van der Waals surface area contributed by atoms with Gasteiger partial charge in [0.2, 0.25) is 5.71 Å². The fraction of sp³-hybridized carbons (Fsp3) is 0.152. The molecule has 6 aromatic rings. The average Bonchev–Trinajstić information content (AvgIpc) is 3.32. The Morgan fingerprint density at radius 2 is 1.58 bits per heavy atom. The van der Waals surface area contributed by atoms with Crippen molar-refractivity contribution in [3.05, 3.63) is 119 Å². The monoisotopic (exact) mass is 472 g/mol. The van der Waals surface area contributed by atoms with Crippen LogP contribution in [0.1, 0.15) is 33.4 Å². The van der Waals surface area contributed by atoms with Crippen LogP contribution in [-0.2, 0) is 12.7 Å². The van der Waals surface area contributed by atoms with E-state index in [0.29, 0.717) is 5.58 Å². The van der Waals surface area contributed by atoms with Crippen LogP contribution < -0.4 is 0 Å². The first-order valence-corrected chi connectivity index (χ1v) is 12.0. The molecule has 0 saturated carbocycles. The number of benzene rings is 3. The van der Waals surface area contributed by atoms with Crippen LogP contribution in [0, 0.1) is 20.8 Å². The lowest BCUT2D eigenvalue weighted by Crippen LogP contribution is -1.93. The first-order valence-electron chi connectivity index (χ1n) is 14.0. The smallest absolute Gasteiger partial charge is 0.227 e. The van der Waals surface area contributed by atoms with Crippen LogP contribution in [0.25, 0.3) is 44.5 Å². The summed E-state index contributed by atoms with van der Waals surface area (Å²) in [6, 6.07) is 26.0. The van der Waals surface area contributed by atoms with Crippen LogP contribution in [0.2, 0.25) is 0 Å². The van der Waals surface area contributed by atoms with E-state index >= 15 is 0 Å². The zero-order valence-corrected chi connectivity index (χ0v) is 20.5. The molecule has 0 bridgehead atoms. The molecule has 0 amide bonds. The molecule has 3 heteroatoms. The highest BCUT2D eigenvalue weighted by molar-refractivity contribution is 6.08. The van der Waals surface area contributed by atoms with E-state index in [0.717, 1.165) is 38.7 Å². The summed E-state index contributed by atoms with van der Waals surface area (Å²) in [5.41, 5.74) is 8.42. The van der Waals surface area contributed by atoms with Crippen LogP contribution in [0.4, 0.5) is 0 Å². The first-order chi connectivity index (χ1) is 19.1. The van der Waals surface area contributed by atoms with Gasteiger partial charge in [0.1, 0.15) is 5.58 Å². The molecule has 0 spiro atoms. The summed E-state index contributed by atoms with van der Waals surface area (Å²) < 4.78 is 41.0. The average molecular weight is 473 g/mol. The fourth-order valence-corrected chi connectivity index (χ4v) is 4.68. The summed E-state index contributed by atoms with van der Waals surface area (Å²) in [5, 5.41) is 1.58. The Morgan fingerprint density at radius 1 is 0.722 bits per heavy atom. The van der Waals surface area contributed by atoms with E-state index in [9.17, 15) is 0 Å². The molecule has 3 nitrogen and oxygen atoms in total. The van der Waals surface area contributed by atoms with Gasteiger partial charge in [0.25, 0.3) is 0 Å². The summed E-state index contributed by atoms with van der Waals surface area (Å²) in [4.78, 5) is 9.24. The van der Waals surface area contributed by atoms with Gasteiger partial charge in [0.05, 0.1) is 5.69 Å². The number of fused-ring (bicyclic) bond motifs is 3. The van der Waals surface area contributed by atoms with Gasteiger partial charge in [-0.1, -0.05) is 66.2 Å². The molecule has 0 fully saturated rings. The van der Waals surface area contributed by atoms with Crippen LogP contribution in [0.5, 0.6) is 0 Å². The van der Waals surface area contributed by atoms with Gasteiger partial charge in [-0.05, 0) is 85.6 Å². The molecule has 3 heterocycles. The normalized spacial score (nSPS) is 13.9. The maximum Gasteiger partial charge on any atom is 0.227 e. The summed E-state index contributed by atoms with van der Waals surface area (Å²) in [7, 11) is 0. The maximum absolute atomic E-state index is 8.73. The number of rotatable bonds is 5. The fourth-order valence-electron chi connectivity index (χ4n) is 4.68. The van der Waals surface area contributed by atoms with Crippen molar-refractivity contribution in [2.24, 2.45) is 0 Å². The van der Waals surface area contributed by atoms with Crippen LogP contribution in [0.3, 0.4) is 0 Å². The Kier molecular flexibility index (Phi) is 4.56. The quantitative estimate of drug-likeness (QED) is 0.253. The number of nitrogens with zero attached hydrogens (tertiary/aromatic N) is 2. The van der Waals surface area contributed by atoms with Gasteiger partial charge in [0, 0.05) is 33.7 Å². The molecule has 176 valence electrons. The number of aromatic nitrogens is 2. The number of furan rings is 1. The number of hydrogen-bond donors (Lipinski definition) is 0. The number of para-hydroxylation sites is 1. The highest BCUT2D eigenvalue weighted by Crippen LogP contribution is 2.37. The highest BCUT2D eigenvalue weighted by atomic mass is 16.3. The minimum Gasteiger partial charge on any atom is -0.437 e. The third kappa shape index (κ3) is 4.07. The standard InChI is InChI=1S/C33H28N2O/c1-21-12-16-26(22(2)18-21)30-19-31(34-20-23(30)3)29-11-7-10-27-28-17-15-25(35-33(28)36-32(27)29)14-13-24-8-5-4-6-9-24/h4-12,15-20H,13-14H2,1-3H3/i13D2,14D2. The molecule has 0 aliphatic heterocycles. The Morgan fingerprint density at radius 3 is 2.42 bits per heavy atom. The van der Waals surface area contributed by atoms with E-state index in [1.807, 2.05) is 24.4 Å². The van der Waals surface area contributed by atoms with Crippen molar-refractivity contribution in [1.82, 2.24) is 9.97 Å². The summed E-state index contributed by atoms with van der Waals surface area (Å²) >= 11 is 0. The number of pyridine rings is 2. The van der Waals surface area contributed by atoms with Gasteiger partial charge in [-0.3, -0.25) is 4.98 Å². The summed E-state index contributed by atoms with van der Waals surface area (Å²) in [5.74, 6) is 0. The minimum atomic E-state index is -2.40. The lowest BCUT2D eigenvalue weighted by atomic mass is 9.94. The molecule has 3 aromatic carbocycles. The molecule has 6 rings (SSSR count). The van der Waals surface area contributed by atoms with E-state index in [1.165, 1.54) is 11.1 Å². The Labute approximate surface area is 217 Å². The molecule has 36 heavy (non-hydrogen) atoms. The Bertz CT molecular complexity index is 1890. The second-order valence-electron chi connectivity index (χ2n) is 9.15. The van der Waals surface area contributed by atoms with Gasteiger partial charge < -0.3 is 4.42 Å². The number of aryl methyl sites for hydroxylation is 5. The minimum absolute atomic E-state index is 0.0277. The lowest BCUT2D eigenvalue weighted by Gasteiger charge is -2.12. The van der Waals surface area contributed by atoms with E-state index < -0.39 is 12.7 Å². The second-order valence-corrected chi connectivity index (χ2v) is 9.15. The van der Waals surface area contributed by atoms with Crippen LogP contribution >= 0.6 is 0 Å². The van der Waals surface area contributed by atoms with Crippen molar-refractivity contribution in [1.29, 1.82) is 0 Å². The van der Waals surface area contributed by atoms with Crippen molar-refractivity contribution in [2.75, 3.05) is 0 Å². The predicted molar refractivity (Wildman–Crippen MR) is 148 cm³/mol. The van der Waals surface area contributed by atoms with Crippen molar-refractivity contribution < 1.29 is 9.90 Å². The predicted octanol–water partition coefficient (Wildman–Crippen LogP) is 8.42. The molecule has 0 atom stereocenters. The molecule has 0 unspecified atom stereocenters. The Balaban J connectivity index is 1.47. The molecular formula is C33H28N2O. The summed E-state index contributed by atoms with van der Waals surface area (Å²) in [6.45, 7) is 6.26. The van der Waals surface area contributed by atoms with E-state index in [1.54, 1.807) is 42.5 Å². The third-order valence-corrected chi connectivity index (χ3v) is 6.52. The molecule has 0 radical (unpaired) electrons. The molecular weight excluding hydrogens is 440 g/mol.